The average molecular weight is 1180 g/mol. The molecular formula is C70H84Cl2Zr2-2. The van der Waals surface area contributed by atoms with Gasteiger partial charge in [-0.2, -0.15) is 69.8 Å². The van der Waals surface area contributed by atoms with Crippen LogP contribution >= 0.6 is 0 Å². The summed E-state index contributed by atoms with van der Waals surface area (Å²) in [5, 5.41) is 0. The van der Waals surface area contributed by atoms with E-state index < -0.39 is 0 Å². The van der Waals surface area contributed by atoms with E-state index in [-0.39, 0.29) is 46.5 Å². The van der Waals surface area contributed by atoms with Crippen molar-refractivity contribution < 1.29 is 73.3 Å². The van der Waals surface area contributed by atoms with Gasteiger partial charge in [0.1, 0.15) is 0 Å². The Hall–Kier alpha value is -3.37. The maximum Gasteiger partial charge on any atom is -0.0512 e. The number of allylic oxidation sites excluding steroid dienone is 8. The quantitative estimate of drug-likeness (QED) is 0.154. The summed E-state index contributed by atoms with van der Waals surface area (Å²) in [7, 11) is 0. The third-order valence-corrected chi connectivity index (χ3v) is 16.2. The van der Waals surface area contributed by atoms with E-state index in [0.717, 1.165) is 12.8 Å². The summed E-state index contributed by atoms with van der Waals surface area (Å²) >= 11 is 2.92. The molecule has 0 spiro atoms. The maximum absolute atomic E-state index is 3.48. The third kappa shape index (κ3) is 20.9. The van der Waals surface area contributed by atoms with Gasteiger partial charge in [-0.3, -0.25) is 12.2 Å². The Labute approximate surface area is 493 Å². The molecule has 0 N–H and O–H groups in total. The molecule has 0 radical (unpaired) electrons. The minimum atomic E-state index is 0. The first kappa shape index (κ1) is 64.9. The topological polar surface area (TPSA) is 0 Å². The molecule has 74 heavy (non-hydrogen) atoms. The van der Waals surface area contributed by atoms with E-state index in [4.69, 9.17) is 0 Å². The molecule has 4 aliphatic carbocycles. The standard InChI is InChI=1S/2C13H10.2C13H21.2C9H11.2ClH.2Zr/c2*1-3-7-12(8-4-1)11-13-9-5-2-6-10-13;2*1-12(2,3)10-8-7-9-11(10)13(4,5)6;2*1-2-5-9-7-3-6-8(9)4-1;;;;/h2*1-10H;2*8H,7H2,1-6H3;2*3,6-7H,1-2,4-5H2;2*1H;;/q;;4*-1;;;2*+2/p-2. The summed E-state index contributed by atoms with van der Waals surface area (Å²) in [6, 6.07) is 55.6. The number of hydrogen-bond acceptors (Lipinski definition) is 0. The zero-order valence-electron chi connectivity index (χ0n) is 47.0. The van der Waals surface area contributed by atoms with Gasteiger partial charge in [0.2, 0.25) is 0 Å². The Balaban J connectivity index is 0.000000234. The minimum Gasteiger partial charge on any atom is -0.210 e. The molecule has 0 heterocycles. The maximum atomic E-state index is 3.48. The van der Waals surface area contributed by atoms with Gasteiger partial charge in [-0.25, -0.2) is 23.3 Å². The molecule has 10 rings (SSSR count). The van der Waals surface area contributed by atoms with Gasteiger partial charge in [0, 0.05) is 0 Å². The van der Waals surface area contributed by atoms with Crippen molar-refractivity contribution in [3.63, 3.8) is 0 Å². The van der Waals surface area contributed by atoms with Crippen LogP contribution in [-0.2, 0) is 74.2 Å². The Morgan fingerprint density at radius 1 is 0.378 bits per heavy atom. The van der Waals surface area contributed by atoms with Crippen LogP contribution in [0, 0.1) is 33.8 Å². The van der Waals surface area contributed by atoms with Crippen LogP contribution in [0.15, 0.2) is 192 Å². The first-order chi connectivity index (χ1) is 34.1. The molecule has 0 atom stereocenters. The molecule has 0 aliphatic heterocycles. The molecule has 0 nitrogen and oxygen atoms in total. The van der Waals surface area contributed by atoms with Gasteiger partial charge < -0.3 is 24.8 Å². The van der Waals surface area contributed by atoms with Crippen molar-refractivity contribution in [2.45, 2.75) is 147 Å². The van der Waals surface area contributed by atoms with Crippen LogP contribution in [0.25, 0.3) is 0 Å². The van der Waals surface area contributed by atoms with Crippen molar-refractivity contribution >= 4 is 6.41 Å². The van der Waals surface area contributed by atoms with Crippen molar-refractivity contribution in [2.24, 2.45) is 21.7 Å². The van der Waals surface area contributed by atoms with E-state index in [2.05, 4.69) is 265 Å². The van der Waals surface area contributed by atoms with Crippen LogP contribution in [0.3, 0.4) is 0 Å². The number of hydrogen-bond donors (Lipinski definition) is 0. The van der Waals surface area contributed by atoms with Crippen LogP contribution < -0.4 is 24.8 Å². The van der Waals surface area contributed by atoms with Gasteiger partial charge in [0.15, 0.2) is 0 Å². The van der Waals surface area contributed by atoms with Gasteiger partial charge in [0.05, 0.1) is 0 Å². The molecule has 0 unspecified atom stereocenters. The van der Waals surface area contributed by atoms with Crippen LogP contribution in [-0.4, -0.2) is 6.41 Å². The Morgan fingerprint density at radius 3 is 0.878 bits per heavy atom. The molecule has 0 saturated heterocycles. The number of aryl methyl sites for hydroxylation is 4. The van der Waals surface area contributed by atoms with Gasteiger partial charge in [-0.05, 0) is 10.8 Å². The number of fused-ring (bicyclic) bond motifs is 2. The fraction of sp³-hybridized carbons (Fsp3) is 0.371. The van der Waals surface area contributed by atoms with Crippen LogP contribution in [0.1, 0.15) is 166 Å². The third-order valence-electron chi connectivity index (χ3n) is 13.4. The molecule has 0 saturated carbocycles. The fourth-order valence-electron chi connectivity index (χ4n) is 9.58. The SMILES string of the molecule is CC(C)(C)C1=[C-]CC=C1C(C)(C)C.CC(C)(C)C1=[C-]CC=C1C(C)(C)C.[Cl-].[Cl-].[Zr+2]=[C](c1ccccc1)c1ccccc1.[Zr+2]=[C](c1ccccc1)c1ccccc1.c1cc2c([cH-]1)CCCC2.c1cc2c([cH-]1)CCCC2. The molecule has 0 aromatic heterocycles. The smallest absolute Gasteiger partial charge is 0.0512 e. The van der Waals surface area contributed by atoms with Crippen molar-refractivity contribution in [2.75, 3.05) is 0 Å². The van der Waals surface area contributed by atoms with Crippen molar-refractivity contribution in [3.8, 4) is 0 Å². The van der Waals surface area contributed by atoms with E-state index in [1.54, 1.807) is 22.3 Å². The molecular weight excluding hydrogens is 1090 g/mol. The number of benzene rings is 4. The zero-order valence-corrected chi connectivity index (χ0v) is 53.4. The van der Waals surface area contributed by atoms with Crippen LogP contribution in [0.5, 0.6) is 0 Å². The fourth-order valence-corrected chi connectivity index (χ4v) is 11.2. The predicted octanol–water partition coefficient (Wildman–Crippen LogP) is 12.5. The van der Waals surface area contributed by atoms with Crippen LogP contribution in [0.2, 0.25) is 0 Å². The second kappa shape index (κ2) is 31.1. The summed E-state index contributed by atoms with van der Waals surface area (Å²) in [5.74, 6) is 0. The van der Waals surface area contributed by atoms with Crippen molar-refractivity contribution in [1.29, 1.82) is 0 Å². The Morgan fingerprint density at radius 2 is 0.649 bits per heavy atom. The predicted molar refractivity (Wildman–Crippen MR) is 306 cm³/mol. The molecule has 0 amide bonds. The molecule has 4 heteroatoms. The Bertz CT molecular complexity index is 2340. The first-order valence-electron chi connectivity index (χ1n) is 26.6. The second-order valence-electron chi connectivity index (χ2n) is 23.5. The summed E-state index contributed by atoms with van der Waals surface area (Å²) in [6.45, 7) is 27.2. The largest absolute Gasteiger partial charge is 0.210 e. The van der Waals surface area contributed by atoms with E-state index in [0.29, 0.717) is 0 Å². The van der Waals surface area contributed by atoms with Gasteiger partial charge in [-0.1, -0.05) is 145 Å². The number of halogens is 2. The van der Waals surface area contributed by atoms with Crippen molar-refractivity contribution in [3.05, 3.63) is 249 Å². The Kier molecular flexibility index (Phi) is 27.3. The summed E-state index contributed by atoms with van der Waals surface area (Å²) in [6.07, 6.45) is 24.5. The molecule has 388 valence electrons. The molecule has 0 fully saturated rings. The number of rotatable bonds is 4. The summed E-state index contributed by atoms with van der Waals surface area (Å²) < 4.78 is 2.83. The minimum absolute atomic E-state index is 0. The molecule has 6 aromatic rings. The first-order valence-corrected chi connectivity index (χ1v) is 29.1. The summed E-state index contributed by atoms with van der Waals surface area (Å²) in [4.78, 5) is 0. The average Bonchev–Trinajstić information content (AvgIpc) is 4.23. The van der Waals surface area contributed by atoms with Crippen LogP contribution in [0.4, 0.5) is 0 Å². The van der Waals surface area contributed by atoms with Gasteiger partial charge in [-0.15, -0.1) is 12.8 Å². The summed E-state index contributed by atoms with van der Waals surface area (Å²) in [5.41, 5.74) is 18.6. The normalized spacial score (nSPS) is 14.5. The van der Waals surface area contributed by atoms with Gasteiger partial charge >= 0.3 is 198 Å². The van der Waals surface area contributed by atoms with E-state index in [1.807, 2.05) is 0 Å². The monoisotopic (exact) mass is 1170 g/mol. The molecule has 4 aliphatic rings. The zero-order chi connectivity index (χ0) is 52.4. The second-order valence-corrected chi connectivity index (χ2v) is 26.0. The molecule has 0 bridgehead atoms. The van der Waals surface area contributed by atoms with Gasteiger partial charge in [0.25, 0.3) is 0 Å². The van der Waals surface area contributed by atoms with Crippen molar-refractivity contribution in [1.82, 2.24) is 0 Å². The van der Waals surface area contributed by atoms with E-state index >= 15 is 0 Å². The van der Waals surface area contributed by atoms with E-state index in [9.17, 15) is 0 Å². The van der Waals surface area contributed by atoms with E-state index in [1.165, 1.54) is 151 Å². The molecule has 6 aromatic carbocycles.